The number of alkyl halides is 1. The molecule has 0 aromatic heterocycles. The van der Waals surface area contributed by atoms with Crippen LogP contribution in [0.15, 0.2) is 18.2 Å². The van der Waals surface area contributed by atoms with Gasteiger partial charge in [0.25, 0.3) is 0 Å². The van der Waals surface area contributed by atoms with Crippen molar-refractivity contribution < 1.29 is 4.39 Å². The first-order valence-corrected chi connectivity index (χ1v) is 7.86. The number of nitrogens with zero attached hydrogens (tertiary/aromatic N) is 1. The molecule has 0 spiro atoms. The van der Waals surface area contributed by atoms with Crippen LogP contribution in [0.25, 0.3) is 0 Å². The molecule has 1 saturated carbocycles. The lowest BCUT2D eigenvalue weighted by molar-refractivity contribution is 0.155. The number of hydrogen-bond acceptors (Lipinski definition) is 1. The summed E-state index contributed by atoms with van der Waals surface area (Å²) in [6, 6.07) is 5.39. The van der Waals surface area contributed by atoms with Crippen LogP contribution in [0.2, 0.25) is 5.02 Å². The fourth-order valence-corrected chi connectivity index (χ4v) is 3.27. The Bertz CT molecular complexity index is 385. The molecule has 19 heavy (non-hydrogen) atoms. The van der Waals surface area contributed by atoms with Gasteiger partial charge in [0.05, 0.1) is 0 Å². The Morgan fingerprint density at radius 1 is 1.21 bits per heavy atom. The Balaban J connectivity index is 2.11. The van der Waals surface area contributed by atoms with Gasteiger partial charge in [0.1, 0.15) is 5.82 Å². The number of hydrogen-bond donors (Lipinski definition) is 0. The van der Waals surface area contributed by atoms with E-state index in [9.17, 15) is 4.39 Å². The van der Waals surface area contributed by atoms with Gasteiger partial charge in [0.15, 0.2) is 0 Å². The van der Waals surface area contributed by atoms with Crippen LogP contribution < -0.4 is 0 Å². The third-order valence-corrected chi connectivity index (χ3v) is 4.41. The van der Waals surface area contributed by atoms with Gasteiger partial charge in [-0.15, -0.1) is 11.6 Å². The SMILES string of the molecule is Fc1cccc(Cl)c1CN(CCCl)C1CCCCC1. The highest BCUT2D eigenvalue weighted by Gasteiger charge is 2.22. The van der Waals surface area contributed by atoms with Gasteiger partial charge in [0.2, 0.25) is 0 Å². The van der Waals surface area contributed by atoms with E-state index in [1.165, 1.54) is 38.2 Å². The van der Waals surface area contributed by atoms with E-state index < -0.39 is 0 Å². The van der Waals surface area contributed by atoms with Crippen molar-refractivity contribution in [1.82, 2.24) is 4.90 Å². The fourth-order valence-electron chi connectivity index (χ4n) is 2.83. The molecule has 0 saturated heterocycles. The van der Waals surface area contributed by atoms with E-state index in [0.29, 0.717) is 29.1 Å². The second kappa shape index (κ2) is 7.47. The van der Waals surface area contributed by atoms with Crippen molar-refractivity contribution in [3.05, 3.63) is 34.6 Å². The van der Waals surface area contributed by atoms with E-state index in [1.807, 2.05) is 0 Å². The van der Waals surface area contributed by atoms with Gasteiger partial charge >= 0.3 is 0 Å². The first-order chi connectivity index (χ1) is 9.22. The third-order valence-electron chi connectivity index (χ3n) is 3.89. The summed E-state index contributed by atoms with van der Waals surface area (Å²) in [7, 11) is 0. The average molecular weight is 304 g/mol. The number of halogens is 3. The quantitative estimate of drug-likeness (QED) is 0.703. The van der Waals surface area contributed by atoms with E-state index in [0.717, 1.165) is 6.54 Å². The Hall–Kier alpha value is -0.310. The summed E-state index contributed by atoms with van der Waals surface area (Å²) in [6.07, 6.45) is 6.19. The lowest BCUT2D eigenvalue weighted by Crippen LogP contribution is -2.37. The van der Waals surface area contributed by atoms with E-state index in [-0.39, 0.29) is 5.82 Å². The molecule has 1 aliphatic rings. The van der Waals surface area contributed by atoms with Gasteiger partial charge in [-0.1, -0.05) is 36.9 Å². The summed E-state index contributed by atoms with van der Waals surface area (Å²) in [4.78, 5) is 2.29. The molecule has 1 nitrogen and oxygen atoms in total. The minimum absolute atomic E-state index is 0.220. The Morgan fingerprint density at radius 3 is 2.58 bits per heavy atom. The second-order valence-electron chi connectivity index (χ2n) is 5.15. The number of rotatable bonds is 5. The molecule has 4 heteroatoms. The van der Waals surface area contributed by atoms with Gasteiger partial charge in [0, 0.05) is 35.6 Å². The van der Waals surface area contributed by atoms with Gasteiger partial charge in [-0.25, -0.2) is 4.39 Å². The molecule has 1 aromatic carbocycles. The molecule has 0 unspecified atom stereocenters. The van der Waals surface area contributed by atoms with Crippen LogP contribution in [0, 0.1) is 5.82 Å². The van der Waals surface area contributed by atoms with Crippen molar-refractivity contribution in [3.8, 4) is 0 Å². The van der Waals surface area contributed by atoms with Gasteiger partial charge in [-0.05, 0) is 25.0 Å². The summed E-state index contributed by atoms with van der Waals surface area (Å²) in [5, 5.41) is 0.510. The van der Waals surface area contributed by atoms with Crippen molar-refractivity contribution in [2.24, 2.45) is 0 Å². The van der Waals surface area contributed by atoms with Crippen LogP contribution in [-0.2, 0) is 6.54 Å². The lowest BCUT2D eigenvalue weighted by atomic mass is 9.94. The predicted molar refractivity (Wildman–Crippen MR) is 79.4 cm³/mol. The van der Waals surface area contributed by atoms with Crippen molar-refractivity contribution in [3.63, 3.8) is 0 Å². The molecular formula is C15H20Cl2FN. The van der Waals surface area contributed by atoms with Gasteiger partial charge < -0.3 is 0 Å². The monoisotopic (exact) mass is 303 g/mol. The second-order valence-corrected chi connectivity index (χ2v) is 5.94. The van der Waals surface area contributed by atoms with Crippen LogP contribution in [-0.4, -0.2) is 23.4 Å². The maximum absolute atomic E-state index is 13.9. The van der Waals surface area contributed by atoms with Crippen LogP contribution >= 0.6 is 23.2 Å². The fraction of sp³-hybridized carbons (Fsp3) is 0.600. The predicted octanol–water partition coefficient (Wildman–Crippen LogP) is 4.85. The molecule has 0 amide bonds. The third kappa shape index (κ3) is 4.08. The molecule has 1 aromatic rings. The first-order valence-electron chi connectivity index (χ1n) is 6.95. The Morgan fingerprint density at radius 2 is 1.95 bits per heavy atom. The van der Waals surface area contributed by atoms with E-state index >= 15 is 0 Å². The molecule has 0 radical (unpaired) electrons. The molecule has 0 heterocycles. The minimum atomic E-state index is -0.220. The zero-order valence-electron chi connectivity index (χ0n) is 11.0. The van der Waals surface area contributed by atoms with Crippen LogP contribution in [0.3, 0.4) is 0 Å². The maximum atomic E-state index is 13.9. The molecule has 0 atom stereocenters. The summed E-state index contributed by atoms with van der Waals surface area (Å²) in [5.41, 5.74) is 0.597. The van der Waals surface area contributed by atoms with Crippen molar-refractivity contribution in [2.45, 2.75) is 44.7 Å². The average Bonchev–Trinajstić information content (AvgIpc) is 2.43. The standard InChI is InChI=1S/C15H20Cl2FN/c16-9-10-19(12-5-2-1-3-6-12)11-13-14(17)7-4-8-15(13)18/h4,7-8,12H,1-3,5-6,9-11H2. The zero-order chi connectivity index (χ0) is 13.7. The van der Waals surface area contributed by atoms with Gasteiger partial charge in [-0.2, -0.15) is 0 Å². The zero-order valence-corrected chi connectivity index (χ0v) is 12.6. The largest absolute Gasteiger partial charge is 0.295 e. The van der Waals surface area contributed by atoms with Crippen LogP contribution in [0.4, 0.5) is 4.39 Å². The molecule has 0 N–H and O–H groups in total. The summed E-state index contributed by atoms with van der Waals surface area (Å²) < 4.78 is 13.9. The van der Waals surface area contributed by atoms with Crippen LogP contribution in [0.1, 0.15) is 37.7 Å². The molecule has 0 bridgehead atoms. The highest BCUT2D eigenvalue weighted by atomic mass is 35.5. The van der Waals surface area contributed by atoms with E-state index in [2.05, 4.69) is 4.90 Å². The highest BCUT2D eigenvalue weighted by Crippen LogP contribution is 2.27. The Labute approximate surface area is 124 Å². The van der Waals surface area contributed by atoms with Crippen molar-refractivity contribution in [1.29, 1.82) is 0 Å². The normalized spacial score (nSPS) is 17.1. The van der Waals surface area contributed by atoms with Crippen LogP contribution in [0.5, 0.6) is 0 Å². The summed E-state index contributed by atoms with van der Waals surface area (Å²) in [6.45, 7) is 1.35. The van der Waals surface area contributed by atoms with E-state index in [1.54, 1.807) is 12.1 Å². The molecule has 0 aliphatic heterocycles. The molecule has 106 valence electrons. The molecular weight excluding hydrogens is 284 g/mol. The van der Waals surface area contributed by atoms with E-state index in [4.69, 9.17) is 23.2 Å². The molecule has 2 rings (SSSR count). The lowest BCUT2D eigenvalue weighted by Gasteiger charge is -2.34. The molecule has 1 aliphatic carbocycles. The smallest absolute Gasteiger partial charge is 0.129 e. The maximum Gasteiger partial charge on any atom is 0.129 e. The first kappa shape index (κ1) is 15.1. The topological polar surface area (TPSA) is 3.24 Å². The van der Waals surface area contributed by atoms with Crippen molar-refractivity contribution >= 4 is 23.2 Å². The summed E-state index contributed by atoms with van der Waals surface area (Å²) >= 11 is 12.0. The van der Waals surface area contributed by atoms with Crippen molar-refractivity contribution in [2.75, 3.05) is 12.4 Å². The number of benzene rings is 1. The molecule has 1 fully saturated rings. The Kier molecular flexibility index (Phi) is 5.93. The minimum Gasteiger partial charge on any atom is -0.295 e. The van der Waals surface area contributed by atoms with Gasteiger partial charge in [-0.3, -0.25) is 4.90 Å². The summed E-state index contributed by atoms with van der Waals surface area (Å²) in [5.74, 6) is 0.352. The highest BCUT2D eigenvalue weighted by molar-refractivity contribution is 6.31.